The zero-order chi connectivity index (χ0) is 17.1. The molecule has 3 amide bonds. The third-order valence-electron chi connectivity index (χ3n) is 4.61. The Hall–Kier alpha value is -1.60. The second-order valence-corrected chi connectivity index (χ2v) is 7.62. The van der Waals surface area contributed by atoms with Gasteiger partial charge in [-0.25, -0.2) is 4.79 Å². The molecule has 3 rings (SSSR count). The van der Waals surface area contributed by atoms with E-state index in [1.807, 2.05) is 36.3 Å². The number of amides is 3. The molecule has 132 valence electrons. The molecule has 1 aromatic heterocycles. The second-order valence-electron chi connectivity index (χ2n) is 6.67. The van der Waals surface area contributed by atoms with Crippen molar-refractivity contribution in [3.63, 3.8) is 0 Å². The second kappa shape index (κ2) is 7.53. The Bertz CT molecular complexity index is 560. The van der Waals surface area contributed by atoms with Gasteiger partial charge in [0.2, 0.25) is 5.91 Å². The number of ether oxygens (including phenoxy) is 1. The fraction of sp³-hybridized carbons (Fsp3) is 0.647. The van der Waals surface area contributed by atoms with E-state index < -0.39 is 0 Å². The quantitative estimate of drug-likeness (QED) is 0.891. The van der Waals surface area contributed by atoms with E-state index in [0.717, 1.165) is 17.8 Å². The number of carbonyl (C=O) groups is 2. The monoisotopic (exact) mass is 351 g/mol. The highest BCUT2D eigenvalue weighted by Gasteiger charge is 2.33. The molecule has 2 unspecified atom stereocenters. The molecule has 2 saturated heterocycles. The van der Waals surface area contributed by atoms with Crippen LogP contribution in [0.5, 0.6) is 0 Å². The molecule has 1 aromatic rings. The zero-order valence-corrected chi connectivity index (χ0v) is 15.1. The highest BCUT2D eigenvalue weighted by atomic mass is 32.1. The van der Waals surface area contributed by atoms with Crippen LogP contribution in [0, 0.1) is 5.92 Å². The summed E-state index contributed by atoms with van der Waals surface area (Å²) in [5, 5.41) is 5.70. The van der Waals surface area contributed by atoms with Gasteiger partial charge in [0.25, 0.3) is 0 Å². The number of likely N-dealkylation sites (tertiary alicyclic amines) is 1. The number of thiophene rings is 1. The Balaban J connectivity index is 1.49. The van der Waals surface area contributed by atoms with Crippen LogP contribution in [0.25, 0.3) is 0 Å². The number of hydrogen-bond acceptors (Lipinski definition) is 4. The Morgan fingerprint density at radius 1 is 1.17 bits per heavy atom. The Kier molecular flexibility index (Phi) is 5.40. The molecule has 0 bridgehead atoms. The molecule has 2 fully saturated rings. The predicted molar refractivity (Wildman–Crippen MR) is 94.2 cm³/mol. The molecule has 2 aliphatic rings. The summed E-state index contributed by atoms with van der Waals surface area (Å²) in [5.41, 5.74) is 0. The highest BCUT2D eigenvalue weighted by molar-refractivity contribution is 7.14. The van der Waals surface area contributed by atoms with E-state index in [0.29, 0.717) is 26.2 Å². The van der Waals surface area contributed by atoms with E-state index in [-0.39, 0.29) is 30.1 Å². The first kappa shape index (κ1) is 17.2. The molecule has 2 atom stereocenters. The number of rotatable bonds is 2. The summed E-state index contributed by atoms with van der Waals surface area (Å²) >= 11 is 1.51. The molecule has 0 aromatic carbocycles. The first-order chi connectivity index (χ1) is 11.5. The van der Waals surface area contributed by atoms with Gasteiger partial charge in [-0.15, -0.1) is 11.3 Å². The molecule has 3 heterocycles. The van der Waals surface area contributed by atoms with Gasteiger partial charge in [-0.05, 0) is 44.2 Å². The SMILES string of the molecule is CC1CN(C(=O)C2CCN(C(=O)Nc3cccs3)CC2)CC(C)O1. The van der Waals surface area contributed by atoms with Crippen LogP contribution in [0.2, 0.25) is 0 Å². The van der Waals surface area contributed by atoms with E-state index in [9.17, 15) is 9.59 Å². The number of morpholine rings is 1. The fourth-order valence-electron chi connectivity index (χ4n) is 3.48. The van der Waals surface area contributed by atoms with Gasteiger partial charge in [0, 0.05) is 32.1 Å². The lowest BCUT2D eigenvalue weighted by molar-refractivity contribution is -0.148. The van der Waals surface area contributed by atoms with Crippen molar-refractivity contribution in [1.82, 2.24) is 9.80 Å². The van der Waals surface area contributed by atoms with E-state index in [4.69, 9.17) is 4.74 Å². The molecule has 0 spiro atoms. The van der Waals surface area contributed by atoms with Crippen LogP contribution in [0.3, 0.4) is 0 Å². The van der Waals surface area contributed by atoms with Crippen molar-refractivity contribution in [2.24, 2.45) is 5.92 Å². The Labute approximate surface area is 146 Å². The van der Waals surface area contributed by atoms with Crippen molar-refractivity contribution in [3.05, 3.63) is 17.5 Å². The van der Waals surface area contributed by atoms with Gasteiger partial charge in [-0.2, -0.15) is 0 Å². The summed E-state index contributed by atoms with van der Waals surface area (Å²) < 4.78 is 5.70. The van der Waals surface area contributed by atoms with Gasteiger partial charge in [0.1, 0.15) is 0 Å². The van der Waals surface area contributed by atoms with E-state index >= 15 is 0 Å². The lowest BCUT2D eigenvalue weighted by atomic mass is 9.95. The number of nitrogens with one attached hydrogen (secondary N) is 1. The van der Waals surface area contributed by atoms with E-state index in [2.05, 4.69) is 5.32 Å². The van der Waals surface area contributed by atoms with Gasteiger partial charge >= 0.3 is 6.03 Å². The largest absolute Gasteiger partial charge is 0.372 e. The summed E-state index contributed by atoms with van der Waals surface area (Å²) in [5.74, 6) is 0.239. The first-order valence-corrected chi connectivity index (χ1v) is 9.44. The van der Waals surface area contributed by atoms with Gasteiger partial charge in [-0.3, -0.25) is 10.1 Å². The van der Waals surface area contributed by atoms with Crippen LogP contribution in [-0.4, -0.2) is 60.1 Å². The van der Waals surface area contributed by atoms with Gasteiger partial charge in [-0.1, -0.05) is 0 Å². The van der Waals surface area contributed by atoms with E-state index in [1.54, 1.807) is 4.90 Å². The maximum absolute atomic E-state index is 12.7. The predicted octanol–water partition coefficient (Wildman–Crippen LogP) is 2.63. The highest BCUT2D eigenvalue weighted by Crippen LogP contribution is 2.23. The number of carbonyl (C=O) groups excluding carboxylic acids is 2. The van der Waals surface area contributed by atoms with Gasteiger partial charge in [0.05, 0.1) is 17.2 Å². The number of urea groups is 1. The third-order valence-corrected chi connectivity index (χ3v) is 5.40. The van der Waals surface area contributed by atoms with Crippen molar-refractivity contribution in [3.8, 4) is 0 Å². The summed E-state index contributed by atoms with van der Waals surface area (Å²) in [6.07, 6.45) is 1.65. The minimum Gasteiger partial charge on any atom is -0.372 e. The number of piperidine rings is 1. The number of anilines is 1. The third kappa shape index (κ3) is 4.08. The lowest BCUT2D eigenvalue weighted by Gasteiger charge is -2.39. The molecule has 0 radical (unpaired) electrons. The minimum absolute atomic E-state index is 0.0216. The van der Waals surface area contributed by atoms with Crippen LogP contribution in [-0.2, 0) is 9.53 Å². The van der Waals surface area contributed by atoms with Crippen molar-refractivity contribution in [1.29, 1.82) is 0 Å². The summed E-state index contributed by atoms with van der Waals surface area (Å²) in [4.78, 5) is 28.7. The minimum atomic E-state index is -0.0723. The standard InChI is InChI=1S/C17H25N3O3S/c1-12-10-20(11-13(2)23-12)16(21)14-5-7-19(8-6-14)17(22)18-15-4-3-9-24-15/h3-4,9,12-14H,5-8,10-11H2,1-2H3,(H,18,22). The summed E-state index contributed by atoms with van der Waals surface area (Å²) in [6.45, 7) is 6.61. The number of hydrogen-bond donors (Lipinski definition) is 1. The fourth-order valence-corrected chi connectivity index (χ4v) is 4.09. The Morgan fingerprint density at radius 2 is 1.83 bits per heavy atom. The van der Waals surface area contributed by atoms with Crippen molar-refractivity contribution < 1.29 is 14.3 Å². The Morgan fingerprint density at radius 3 is 2.42 bits per heavy atom. The molecular weight excluding hydrogens is 326 g/mol. The van der Waals surface area contributed by atoms with Crippen LogP contribution in [0.1, 0.15) is 26.7 Å². The van der Waals surface area contributed by atoms with Crippen molar-refractivity contribution >= 4 is 28.3 Å². The molecular formula is C17H25N3O3S. The smallest absolute Gasteiger partial charge is 0.322 e. The van der Waals surface area contributed by atoms with Gasteiger partial charge < -0.3 is 14.5 Å². The van der Waals surface area contributed by atoms with E-state index in [1.165, 1.54) is 11.3 Å². The summed E-state index contributed by atoms with van der Waals surface area (Å²) in [6, 6.07) is 3.73. The van der Waals surface area contributed by atoms with Crippen molar-refractivity contribution in [2.45, 2.75) is 38.9 Å². The maximum Gasteiger partial charge on any atom is 0.322 e. The zero-order valence-electron chi connectivity index (χ0n) is 14.2. The topological polar surface area (TPSA) is 61.9 Å². The first-order valence-electron chi connectivity index (χ1n) is 8.56. The molecule has 24 heavy (non-hydrogen) atoms. The molecule has 0 aliphatic carbocycles. The van der Waals surface area contributed by atoms with Crippen LogP contribution in [0.15, 0.2) is 17.5 Å². The summed E-state index contributed by atoms with van der Waals surface area (Å²) in [7, 11) is 0. The van der Waals surface area contributed by atoms with Crippen molar-refractivity contribution in [2.75, 3.05) is 31.5 Å². The average Bonchev–Trinajstić information content (AvgIpc) is 3.06. The lowest BCUT2D eigenvalue weighted by Crippen LogP contribution is -2.52. The normalized spacial score (nSPS) is 25.6. The molecule has 7 heteroatoms. The maximum atomic E-state index is 12.7. The van der Waals surface area contributed by atoms with Crippen LogP contribution < -0.4 is 5.32 Å². The van der Waals surface area contributed by atoms with Crippen LogP contribution in [0.4, 0.5) is 9.80 Å². The van der Waals surface area contributed by atoms with Crippen LogP contribution >= 0.6 is 11.3 Å². The number of nitrogens with zero attached hydrogens (tertiary/aromatic N) is 2. The molecule has 0 saturated carbocycles. The average molecular weight is 351 g/mol. The molecule has 2 aliphatic heterocycles. The molecule has 6 nitrogen and oxygen atoms in total. The molecule has 1 N–H and O–H groups in total. The van der Waals surface area contributed by atoms with Gasteiger partial charge in [0.15, 0.2) is 0 Å².